The lowest BCUT2D eigenvalue weighted by Crippen LogP contribution is -1.84. The smallest absolute Gasteiger partial charge is 0.208 e. The van der Waals surface area contributed by atoms with Crippen molar-refractivity contribution < 1.29 is 4.74 Å². The largest absolute Gasteiger partial charge is 0.478 e. The van der Waals surface area contributed by atoms with Crippen molar-refractivity contribution in [1.29, 1.82) is 5.26 Å². The quantitative estimate of drug-likeness (QED) is 0.176. The van der Waals surface area contributed by atoms with Crippen molar-refractivity contribution in [3.8, 4) is 6.19 Å². The summed E-state index contributed by atoms with van der Waals surface area (Å²) in [6, 6.07) is 0. The van der Waals surface area contributed by atoms with Crippen LogP contribution in [0.15, 0.2) is 17.6 Å². The second kappa shape index (κ2) is 5.70. The van der Waals surface area contributed by atoms with Gasteiger partial charge in [-0.15, -0.1) is 4.99 Å². The molecule has 0 rings (SSSR count). The molecule has 0 saturated carbocycles. The first kappa shape index (κ1) is 6.70. The van der Waals surface area contributed by atoms with Crippen molar-refractivity contribution in [3.05, 3.63) is 12.7 Å². The molecule has 0 radical (unpaired) electrons. The maximum Gasteiger partial charge on any atom is 0.208 e. The highest BCUT2D eigenvalue weighted by atomic mass is 16.5. The Balaban J connectivity index is 3.06. The van der Waals surface area contributed by atoms with Crippen LogP contribution < -0.4 is 0 Å². The SMILES string of the molecule is C=CCO/C=N/C#N. The topological polar surface area (TPSA) is 45.4 Å². The molecule has 0 fully saturated rings. The molecule has 0 aromatic rings. The Bertz CT molecular complexity index is 123. The predicted molar refractivity (Wildman–Crippen MR) is 30.3 cm³/mol. The highest BCUT2D eigenvalue weighted by molar-refractivity contribution is 5.47. The van der Waals surface area contributed by atoms with E-state index in [2.05, 4.69) is 16.3 Å². The highest BCUT2D eigenvalue weighted by Crippen LogP contribution is 1.67. The minimum Gasteiger partial charge on any atom is -0.478 e. The number of hydrogen-bond acceptors (Lipinski definition) is 3. The van der Waals surface area contributed by atoms with E-state index in [1.807, 2.05) is 0 Å². The Hall–Kier alpha value is -1.30. The Morgan fingerprint density at radius 3 is 3.12 bits per heavy atom. The molecule has 3 nitrogen and oxygen atoms in total. The van der Waals surface area contributed by atoms with Crippen LogP contribution in [-0.4, -0.2) is 13.0 Å². The third-order valence-corrected chi connectivity index (χ3v) is 0.399. The van der Waals surface area contributed by atoms with Crippen LogP contribution in [-0.2, 0) is 4.74 Å². The first-order chi connectivity index (χ1) is 3.91. The van der Waals surface area contributed by atoms with Gasteiger partial charge in [-0.05, 0) is 0 Å². The third-order valence-electron chi connectivity index (χ3n) is 0.399. The molecular weight excluding hydrogens is 104 g/mol. The number of aliphatic imine (C=N–C) groups is 1. The molecule has 0 spiro atoms. The van der Waals surface area contributed by atoms with Crippen LogP contribution in [0.25, 0.3) is 0 Å². The first-order valence-corrected chi connectivity index (χ1v) is 2.05. The summed E-state index contributed by atoms with van der Waals surface area (Å²) in [4.78, 5) is 3.12. The van der Waals surface area contributed by atoms with Gasteiger partial charge in [0.05, 0.1) is 0 Å². The van der Waals surface area contributed by atoms with Crippen molar-refractivity contribution >= 4 is 6.40 Å². The van der Waals surface area contributed by atoms with E-state index in [4.69, 9.17) is 5.26 Å². The van der Waals surface area contributed by atoms with Gasteiger partial charge in [-0.3, -0.25) is 0 Å². The summed E-state index contributed by atoms with van der Waals surface area (Å²) in [5, 5.41) is 7.81. The third kappa shape index (κ3) is 4.70. The van der Waals surface area contributed by atoms with Gasteiger partial charge in [-0.25, -0.2) is 0 Å². The lowest BCUT2D eigenvalue weighted by molar-refractivity contribution is 0.368. The van der Waals surface area contributed by atoms with Gasteiger partial charge < -0.3 is 4.74 Å². The second-order valence-corrected chi connectivity index (χ2v) is 0.957. The van der Waals surface area contributed by atoms with E-state index >= 15 is 0 Å². The number of ether oxygens (including phenoxy) is 1. The van der Waals surface area contributed by atoms with Crippen molar-refractivity contribution in [2.24, 2.45) is 4.99 Å². The molecule has 0 atom stereocenters. The summed E-state index contributed by atoms with van der Waals surface area (Å²) in [6.07, 6.45) is 4.19. The molecule has 8 heavy (non-hydrogen) atoms. The van der Waals surface area contributed by atoms with Crippen molar-refractivity contribution in [2.45, 2.75) is 0 Å². The van der Waals surface area contributed by atoms with Gasteiger partial charge in [0.1, 0.15) is 6.61 Å². The molecule has 0 aliphatic carbocycles. The van der Waals surface area contributed by atoms with Crippen molar-refractivity contribution in [3.63, 3.8) is 0 Å². The summed E-state index contributed by atoms with van der Waals surface area (Å²) < 4.78 is 4.59. The summed E-state index contributed by atoms with van der Waals surface area (Å²) in [6.45, 7) is 3.78. The fraction of sp³-hybridized carbons (Fsp3) is 0.200. The predicted octanol–water partition coefficient (Wildman–Crippen LogP) is 0.698. The van der Waals surface area contributed by atoms with Crippen LogP contribution in [0.1, 0.15) is 0 Å². The van der Waals surface area contributed by atoms with Crippen LogP contribution in [0.3, 0.4) is 0 Å². The lowest BCUT2D eigenvalue weighted by Gasteiger charge is -1.86. The van der Waals surface area contributed by atoms with E-state index < -0.39 is 0 Å². The fourth-order valence-corrected chi connectivity index (χ4v) is 0.172. The van der Waals surface area contributed by atoms with Crippen LogP contribution in [0.2, 0.25) is 0 Å². The van der Waals surface area contributed by atoms with Crippen LogP contribution in [0.5, 0.6) is 0 Å². The lowest BCUT2D eigenvalue weighted by atomic mass is 10.7. The van der Waals surface area contributed by atoms with Crippen LogP contribution in [0.4, 0.5) is 0 Å². The molecule has 0 aliphatic rings. The van der Waals surface area contributed by atoms with Crippen molar-refractivity contribution in [1.82, 2.24) is 0 Å². The zero-order valence-corrected chi connectivity index (χ0v) is 4.37. The maximum absolute atomic E-state index is 7.81. The molecule has 0 aliphatic heterocycles. The zero-order valence-electron chi connectivity index (χ0n) is 4.37. The van der Waals surface area contributed by atoms with E-state index in [0.29, 0.717) is 6.61 Å². The minimum atomic E-state index is 0.394. The average Bonchev–Trinajstić information content (AvgIpc) is 1.81. The molecule has 0 heterocycles. The highest BCUT2D eigenvalue weighted by Gasteiger charge is 1.67. The second-order valence-electron chi connectivity index (χ2n) is 0.957. The van der Waals surface area contributed by atoms with Gasteiger partial charge in [0, 0.05) is 0 Å². The summed E-state index contributed by atoms with van der Waals surface area (Å²) in [5.74, 6) is 0. The maximum atomic E-state index is 7.81. The summed E-state index contributed by atoms with van der Waals surface area (Å²) >= 11 is 0. The average molecular weight is 110 g/mol. The van der Waals surface area contributed by atoms with E-state index in [0.717, 1.165) is 6.40 Å². The number of nitrogens with zero attached hydrogens (tertiary/aromatic N) is 2. The molecule has 0 aromatic carbocycles. The van der Waals surface area contributed by atoms with E-state index in [1.165, 1.54) is 6.19 Å². The molecule has 0 bridgehead atoms. The van der Waals surface area contributed by atoms with Gasteiger partial charge in [-0.1, -0.05) is 12.7 Å². The minimum absolute atomic E-state index is 0.394. The van der Waals surface area contributed by atoms with E-state index in [1.54, 1.807) is 6.08 Å². The monoisotopic (exact) mass is 110 g/mol. The van der Waals surface area contributed by atoms with Gasteiger partial charge in [0.25, 0.3) is 0 Å². The van der Waals surface area contributed by atoms with E-state index in [9.17, 15) is 0 Å². The van der Waals surface area contributed by atoms with Gasteiger partial charge in [0.15, 0.2) is 6.40 Å². The standard InChI is InChI=1S/C5H6N2O/c1-2-3-8-5-7-4-6/h2,5H,1,3H2/b7-5+. The van der Waals surface area contributed by atoms with Crippen molar-refractivity contribution in [2.75, 3.05) is 6.61 Å². The fourth-order valence-electron chi connectivity index (χ4n) is 0.172. The Morgan fingerprint density at radius 2 is 2.62 bits per heavy atom. The van der Waals surface area contributed by atoms with E-state index in [-0.39, 0.29) is 0 Å². The normalized spacial score (nSPS) is 8.38. The Labute approximate surface area is 47.9 Å². The molecule has 42 valence electrons. The molecule has 0 unspecified atom stereocenters. The Morgan fingerprint density at radius 1 is 1.88 bits per heavy atom. The number of hydrogen-bond donors (Lipinski definition) is 0. The molecule has 0 amide bonds. The molecule has 0 aromatic heterocycles. The summed E-state index contributed by atoms with van der Waals surface area (Å²) in [7, 11) is 0. The molecule has 0 saturated heterocycles. The number of rotatable bonds is 3. The molecular formula is C5H6N2O. The zero-order chi connectivity index (χ0) is 6.24. The van der Waals surface area contributed by atoms with Gasteiger partial charge in [-0.2, -0.15) is 5.26 Å². The van der Waals surface area contributed by atoms with Gasteiger partial charge >= 0.3 is 0 Å². The van der Waals surface area contributed by atoms with Gasteiger partial charge in [0.2, 0.25) is 6.19 Å². The number of nitriles is 1. The molecule has 0 N–H and O–H groups in total. The first-order valence-electron chi connectivity index (χ1n) is 2.05. The summed E-state index contributed by atoms with van der Waals surface area (Å²) in [5.41, 5.74) is 0. The molecule has 3 heteroatoms. The van der Waals surface area contributed by atoms with Crippen LogP contribution >= 0.6 is 0 Å². The van der Waals surface area contributed by atoms with Crippen LogP contribution in [0, 0.1) is 11.5 Å². The Kier molecular flexibility index (Phi) is 4.77.